The molecule has 0 aliphatic carbocycles. The number of ether oxygens (including phenoxy) is 1. The fraction of sp³-hybridized carbons (Fsp3) is 0.429. The average molecular weight is 234 g/mol. The largest absolute Gasteiger partial charge is 0.399 e. The van der Waals surface area contributed by atoms with Gasteiger partial charge < -0.3 is 10.5 Å². The van der Waals surface area contributed by atoms with Gasteiger partial charge in [0, 0.05) is 32.4 Å². The Morgan fingerprint density at radius 1 is 1.41 bits per heavy atom. The average Bonchev–Trinajstić information content (AvgIpc) is 2.33. The molecule has 0 atom stereocenters. The molecule has 3 heteroatoms. The van der Waals surface area contributed by atoms with Gasteiger partial charge in [0.05, 0.1) is 6.61 Å². The maximum absolute atomic E-state index is 5.75. The van der Waals surface area contributed by atoms with Crippen molar-refractivity contribution in [3.63, 3.8) is 0 Å². The summed E-state index contributed by atoms with van der Waals surface area (Å²) in [4.78, 5) is 2.32. The van der Waals surface area contributed by atoms with Crippen LogP contribution in [0.5, 0.6) is 0 Å². The molecule has 17 heavy (non-hydrogen) atoms. The second kappa shape index (κ2) is 7.87. The lowest BCUT2D eigenvalue weighted by Gasteiger charge is -2.20. The lowest BCUT2D eigenvalue weighted by molar-refractivity contribution is 0.155. The number of hydrogen-bond acceptors (Lipinski definition) is 3. The molecule has 1 rings (SSSR count). The first-order chi connectivity index (χ1) is 8.26. The normalized spacial score (nSPS) is 10.7. The van der Waals surface area contributed by atoms with E-state index in [1.807, 2.05) is 24.3 Å². The summed E-state index contributed by atoms with van der Waals surface area (Å²) in [5.41, 5.74) is 7.86. The van der Waals surface area contributed by atoms with Crippen molar-refractivity contribution >= 4 is 5.69 Å². The summed E-state index contributed by atoms with van der Waals surface area (Å²) in [5.74, 6) is 0. The van der Waals surface area contributed by atoms with Crippen LogP contribution in [0.2, 0.25) is 0 Å². The summed E-state index contributed by atoms with van der Waals surface area (Å²) in [6.45, 7) is 7.36. The molecule has 1 aromatic rings. The number of nitrogens with zero attached hydrogens (tertiary/aromatic N) is 1. The van der Waals surface area contributed by atoms with Crippen LogP contribution in [-0.2, 0) is 11.2 Å². The van der Waals surface area contributed by atoms with Gasteiger partial charge in [0.15, 0.2) is 0 Å². The molecule has 0 heterocycles. The molecule has 0 fully saturated rings. The van der Waals surface area contributed by atoms with E-state index in [4.69, 9.17) is 10.5 Å². The monoisotopic (exact) mass is 234 g/mol. The number of nitrogens with two attached hydrogens (primary N) is 1. The smallest absolute Gasteiger partial charge is 0.0589 e. The molecule has 1 aromatic carbocycles. The molecule has 0 aromatic heterocycles. The minimum absolute atomic E-state index is 0.755. The number of hydrogen-bond donors (Lipinski definition) is 1. The van der Waals surface area contributed by atoms with Gasteiger partial charge in [0.25, 0.3) is 0 Å². The molecule has 0 aliphatic rings. The van der Waals surface area contributed by atoms with Gasteiger partial charge in [0.2, 0.25) is 0 Å². The van der Waals surface area contributed by atoms with E-state index in [9.17, 15) is 0 Å². The van der Waals surface area contributed by atoms with Crippen molar-refractivity contribution in [1.82, 2.24) is 4.90 Å². The zero-order valence-corrected chi connectivity index (χ0v) is 10.6. The van der Waals surface area contributed by atoms with E-state index in [1.54, 1.807) is 7.11 Å². The van der Waals surface area contributed by atoms with Gasteiger partial charge in [0.1, 0.15) is 0 Å². The Balaban J connectivity index is 2.42. The summed E-state index contributed by atoms with van der Waals surface area (Å²) < 4.78 is 5.09. The summed E-state index contributed by atoms with van der Waals surface area (Å²) >= 11 is 0. The summed E-state index contributed by atoms with van der Waals surface area (Å²) in [6, 6.07) is 8.05. The minimum atomic E-state index is 0.755. The van der Waals surface area contributed by atoms with Crippen LogP contribution in [0.4, 0.5) is 5.69 Å². The molecular formula is C14H22N2O. The number of rotatable bonds is 8. The first kappa shape index (κ1) is 13.7. The first-order valence-corrected chi connectivity index (χ1v) is 5.93. The van der Waals surface area contributed by atoms with E-state index in [0.29, 0.717) is 0 Å². The molecule has 0 saturated heterocycles. The van der Waals surface area contributed by atoms with Gasteiger partial charge in [-0.15, -0.1) is 6.58 Å². The second-order valence-corrected chi connectivity index (χ2v) is 4.08. The highest BCUT2D eigenvalue weighted by atomic mass is 16.5. The van der Waals surface area contributed by atoms with Crippen LogP contribution in [0.15, 0.2) is 36.9 Å². The van der Waals surface area contributed by atoms with Crippen LogP contribution in [0.25, 0.3) is 0 Å². The Hall–Kier alpha value is -1.32. The van der Waals surface area contributed by atoms with Crippen molar-refractivity contribution in [2.45, 2.75) is 6.42 Å². The quantitative estimate of drug-likeness (QED) is 0.552. The molecule has 0 radical (unpaired) electrons. The zero-order valence-electron chi connectivity index (χ0n) is 10.6. The lowest BCUT2D eigenvalue weighted by Crippen LogP contribution is -2.29. The zero-order chi connectivity index (χ0) is 12.5. The van der Waals surface area contributed by atoms with E-state index < -0.39 is 0 Å². The fourth-order valence-corrected chi connectivity index (χ4v) is 1.73. The van der Waals surface area contributed by atoms with Crippen LogP contribution >= 0.6 is 0 Å². The summed E-state index contributed by atoms with van der Waals surface area (Å²) in [7, 11) is 1.73. The summed E-state index contributed by atoms with van der Waals surface area (Å²) in [6.07, 6.45) is 2.93. The first-order valence-electron chi connectivity index (χ1n) is 5.93. The van der Waals surface area contributed by atoms with Gasteiger partial charge in [-0.2, -0.15) is 0 Å². The Bertz CT molecular complexity index is 339. The fourth-order valence-electron chi connectivity index (χ4n) is 1.73. The second-order valence-electron chi connectivity index (χ2n) is 4.08. The molecule has 0 aliphatic heterocycles. The topological polar surface area (TPSA) is 38.5 Å². The lowest BCUT2D eigenvalue weighted by atomic mass is 10.1. The highest BCUT2D eigenvalue weighted by Gasteiger charge is 2.03. The summed E-state index contributed by atoms with van der Waals surface area (Å²) in [5, 5.41) is 0. The highest BCUT2D eigenvalue weighted by molar-refractivity contribution is 5.40. The Kier molecular flexibility index (Phi) is 6.37. The molecular weight excluding hydrogens is 212 g/mol. The highest BCUT2D eigenvalue weighted by Crippen LogP contribution is 2.07. The Morgan fingerprint density at radius 3 is 2.88 bits per heavy atom. The molecule has 0 unspecified atom stereocenters. The maximum Gasteiger partial charge on any atom is 0.0589 e. The van der Waals surface area contributed by atoms with Crippen molar-refractivity contribution in [3.05, 3.63) is 42.5 Å². The van der Waals surface area contributed by atoms with Crippen LogP contribution in [0.1, 0.15) is 5.56 Å². The van der Waals surface area contributed by atoms with Crippen molar-refractivity contribution in [3.8, 4) is 0 Å². The third-order valence-electron chi connectivity index (χ3n) is 2.67. The number of benzene rings is 1. The van der Waals surface area contributed by atoms with Crippen molar-refractivity contribution in [2.24, 2.45) is 0 Å². The predicted octanol–water partition coefficient (Wildman–Crippen LogP) is 1.95. The maximum atomic E-state index is 5.75. The number of anilines is 1. The molecule has 0 bridgehead atoms. The van der Waals surface area contributed by atoms with E-state index in [0.717, 1.165) is 38.3 Å². The molecule has 0 saturated carbocycles. The van der Waals surface area contributed by atoms with E-state index in [2.05, 4.69) is 17.5 Å². The molecule has 94 valence electrons. The van der Waals surface area contributed by atoms with E-state index in [-0.39, 0.29) is 0 Å². The van der Waals surface area contributed by atoms with Crippen molar-refractivity contribution in [2.75, 3.05) is 39.1 Å². The van der Waals surface area contributed by atoms with Crippen molar-refractivity contribution < 1.29 is 4.74 Å². The number of nitrogen functional groups attached to an aromatic ring is 1. The van der Waals surface area contributed by atoms with Gasteiger partial charge in [-0.05, 0) is 24.1 Å². The van der Waals surface area contributed by atoms with Crippen LogP contribution in [0.3, 0.4) is 0 Å². The molecule has 0 amide bonds. The van der Waals surface area contributed by atoms with Gasteiger partial charge in [-0.25, -0.2) is 0 Å². The van der Waals surface area contributed by atoms with Gasteiger partial charge in [-0.1, -0.05) is 18.2 Å². The van der Waals surface area contributed by atoms with E-state index in [1.165, 1.54) is 5.56 Å². The standard InChI is InChI=1S/C14H22N2O/c1-3-8-16(10-11-17-2)9-7-13-5-4-6-14(15)12-13/h3-6,12H,1,7-11,15H2,2H3. The minimum Gasteiger partial charge on any atom is -0.399 e. The third kappa shape index (κ3) is 5.52. The molecule has 2 N–H and O–H groups in total. The number of methoxy groups -OCH3 is 1. The van der Waals surface area contributed by atoms with Gasteiger partial charge in [-0.3, -0.25) is 4.90 Å². The van der Waals surface area contributed by atoms with Crippen molar-refractivity contribution in [1.29, 1.82) is 0 Å². The van der Waals surface area contributed by atoms with Crippen LogP contribution < -0.4 is 5.73 Å². The Morgan fingerprint density at radius 2 is 2.24 bits per heavy atom. The third-order valence-corrected chi connectivity index (χ3v) is 2.67. The molecule has 0 spiro atoms. The van der Waals surface area contributed by atoms with Crippen LogP contribution in [0, 0.1) is 0 Å². The molecule has 3 nitrogen and oxygen atoms in total. The SMILES string of the molecule is C=CCN(CCOC)CCc1cccc(N)c1. The predicted molar refractivity (Wildman–Crippen MR) is 73.1 cm³/mol. The Labute approximate surface area is 104 Å². The van der Waals surface area contributed by atoms with Crippen LogP contribution in [-0.4, -0.2) is 38.3 Å². The van der Waals surface area contributed by atoms with E-state index >= 15 is 0 Å². The van der Waals surface area contributed by atoms with Gasteiger partial charge >= 0.3 is 0 Å².